The molecule has 0 spiro atoms. The highest BCUT2D eigenvalue weighted by Crippen LogP contribution is 2.36. The fourth-order valence-corrected chi connectivity index (χ4v) is 2.83. The van der Waals surface area contributed by atoms with Crippen LogP contribution in [0.25, 0.3) is 21.0 Å². The second-order valence-corrected chi connectivity index (χ2v) is 4.96. The van der Waals surface area contributed by atoms with Crippen LogP contribution in [0.2, 0.25) is 0 Å². The number of aromatic nitrogens is 1. The molecule has 3 rings (SSSR count). The molecule has 2 aromatic carbocycles. The Balaban J connectivity index is 2.07. The average Bonchev–Trinajstić information content (AvgIpc) is 2.83. The predicted octanol–water partition coefficient (Wildman–Crippen LogP) is 4.06. The van der Waals surface area contributed by atoms with Crippen LogP contribution in [0.15, 0.2) is 60.7 Å². The highest BCUT2D eigenvalue weighted by Gasteiger charge is 2.11. The van der Waals surface area contributed by atoms with E-state index in [9.17, 15) is 0 Å². The largest absolute Gasteiger partial charge is 0.382 e. The number of nitrogens with zero attached hydrogens (tertiary/aromatic N) is 1. The molecule has 0 saturated carbocycles. The van der Waals surface area contributed by atoms with Crippen LogP contribution < -0.4 is 5.73 Å². The Morgan fingerprint density at radius 2 is 1.33 bits per heavy atom. The minimum Gasteiger partial charge on any atom is -0.382 e. The van der Waals surface area contributed by atoms with Crippen molar-refractivity contribution >= 4 is 17.2 Å². The lowest BCUT2D eigenvalue weighted by atomic mass is 10.2. The summed E-state index contributed by atoms with van der Waals surface area (Å²) in [4.78, 5) is 5.49. The third-order valence-corrected chi connectivity index (χ3v) is 3.88. The summed E-state index contributed by atoms with van der Waals surface area (Å²) in [6.07, 6.45) is 0. The van der Waals surface area contributed by atoms with Crippen LogP contribution in [0.4, 0.5) is 5.82 Å². The molecule has 0 fully saturated rings. The van der Waals surface area contributed by atoms with Crippen LogP contribution >= 0.6 is 11.3 Å². The summed E-state index contributed by atoms with van der Waals surface area (Å²) in [5.41, 5.74) is 8.24. The molecule has 18 heavy (non-hydrogen) atoms. The summed E-state index contributed by atoms with van der Waals surface area (Å²) in [5, 5.41) is 0.965. The van der Waals surface area contributed by atoms with Gasteiger partial charge < -0.3 is 5.73 Å². The van der Waals surface area contributed by atoms with Crippen LogP contribution in [-0.4, -0.2) is 4.98 Å². The maximum atomic E-state index is 6.01. The molecular weight excluding hydrogens is 240 g/mol. The molecule has 3 aromatic rings. The van der Waals surface area contributed by atoms with Crippen LogP contribution in [0.1, 0.15) is 0 Å². The maximum Gasteiger partial charge on any atom is 0.143 e. The van der Waals surface area contributed by atoms with E-state index in [1.165, 1.54) is 0 Å². The molecule has 0 radical (unpaired) electrons. The lowest BCUT2D eigenvalue weighted by Crippen LogP contribution is -1.87. The van der Waals surface area contributed by atoms with Gasteiger partial charge in [0.2, 0.25) is 0 Å². The number of thiazole rings is 1. The highest BCUT2D eigenvalue weighted by molar-refractivity contribution is 7.19. The zero-order valence-electron chi connectivity index (χ0n) is 9.71. The van der Waals surface area contributed by atoms with E-state index in [0.717, 1.165) is 21.0 Å². The number of hydrogen-bond acceptors (Lipinski definition) is 3. The topological polar surface area (TPSA) is 38.9 Å². The number of anilines is 1. The van der Waals surface area contributed by atoms with E-state index in [4.69, 9.17) is 5.73 Å². The molecule has 2 N–H and O–H groups in total. The molecule has 0 atom stereocenters. The zero-order chi connectivity index (χ0) is 12.4. The van der Waals surface area contributed by atoms with Crippen molar-refractivity contribution in [3.63, 3.8) is 0 Å². The van der Waals surface area contributed by atoms with E-state index >= 15 is 0 Å². The molecule has 0 unspecified atom stereocenters. The standard InChI is InChI=1S/C15H12N2S/c16-14-13(11-7-3-1-4-8-11)18-15(17-14)12-9-5-2-6-10-12/h1-10H,16H2. The minimum atomic E-state index is 0.602. The zero-order valence-corrected chi connectivity index (χ0v) is 10.5. The molecule has 0 aliphatic carbocycles. The van der Waals surface area contributed by atoms with E-state index in [-0.39, 0.29) is 0 Å². The van der Waals surface area contributed by atoms with Gasteiger partial charge in [-0.1, -0.05) is 60.7 Å². The van der Waals surface area contributed by atoms with Gasteiger partial charge in [0, 0.05) is 5.56 Å². The monoisotopic (exact) mass is 252 g/mol. The average molecular weight is 252 g/mol. The van der Waals surface area contributed by atoms with Crippen LogP contribution in [0, 0.1) is 0 Å². The van der Waals surface area contributed by atoms with Crippen molar-refractivity contribution < 1.29 is 0 Å². The summed E-state index contributed by atoms with van der Waals surface area (Å²) in [7, 11) is 0. The Kier molecular flexibility index (Phi) is 2.82. The molecule has 2 nitrogen and oxygen atoms in total. The van der Waals surface area contributed by atoms with Crippen molar-refractivity contribution in [3.05, 3.63) is 60.7 Å². The molecular formula is C15H12N2S. The first-order valence-electron chi connectivity index (χ1n) is 5.72. The summed E-state index contributed by atoms with van der Waals surface area (Å²) in [6.45, 7) is 0. The summed E-state index contributed by atoms with van der Waals surface area (Å²) in [5.74, 6) is 0.602. The molecule has 0 bridgehead atoms. The van der Waals surface area contributed by atoms with Crippen molar-refractivity contribution in [3.8, 4) is 21.0 Å². The minimum absolute atomic E-state index is 0.602. The second kappa shape index (κ2) is 4.63. The fraction of sp³-hybridized carbons (Fsp3) is 0. The van der Waals surface area contributed by atoms with E-state index in [0.29, 0.717) is 5.82 Å². The Morgan fingerprint density at radius 1 is 0.778 bits per heavy atom. The van der Waals surface area contributed by atoms with Crippen LogP contribution in [-0.2, 0) is 0 Å². The number of rotatable bonds is 2. The van der Waals surface area contributed by atoms with Crippen molar-refractivity contribution in [2.45, 2.75) is 0 Å². The van der Waals surface area contributed by atoms with Crippen molar-refractivity contribution in [1.29, 1.82) is 0 Å². The first-order chi connectivity index (χ1) is 8.84. The van der Waals surface area contributed by atoms with E-state index in [1.807, 2.05) is 48.5 Å². The number of nitrogens with two attached hydrogens (primary N) is 1. The third-order valence-electron chi connectivity index (χ3n) is 2.71. The Labute approximate surface area is 110 Å². The molecule has 0 amide bonds. The highest BCUT2D eigenvalue weighted by atomic mass is 32.1. The maximum absolute atomic E-state index is 6.01. The van der Waals surface area contributed by atoms with Crippen molar-refractivity contribution in [1.82, 2.24) is 4.98 Å². The van der Waals surface area contributed by atoms with Gasteiger partial charge in [-0.25, -0.2) is 4.98 Å². The van der Waals surface area contributed by atoms with E-state index in [2.05, 4.69) is 17.1 Å². The third kappa shape index (κ3) is 2.00. The smallest absolute Gasteiger partial charge is 0.143 e. The van der Waals surface area contributed by atoms with Crippen molar-refractivity contribution in [2.75, 3.05) is 5.73 Å². The Hall–Kier alpha value is -2.13. The van der Waals surface area contributed by atoms with Gasteiger partial charge in [0.05, 0.1) is 4.88 Å². The first kappa shape index (κ1) is 11.0. The SMILES string of the molecule is Nc1nc(-c2ccccc2)sc1-c1ccccc1. The molecule has 0 aliphatic rings. The molecule has 0 saturated heterocycles. The van der Waals surface area contributed by atoms with Gasteiger partial charge >= 0.3 is 0 Å². The van der Waals surface area contributed by atoms with Crippen LogP contribution in [0.3, 0.4) is 0 Å². The van der Waals surface area contributed by atoms with Gasteiger partial charge in [-0.2, -0.15) is 0 Å². The summed E-state index contributed by atoms with van der Waals surface area (Å²) < 4.78 is 0. The number of hydrogen-bond donors (Lipinski definition) is 1. The summed E-state index contributed by atoms with van der Waals surface area (Å²) >= 11 is 1.63. The van der Waals surface area contributed by atoms with Crippen molar-refractivity contribution in [2.24, 2.45) is 0 Å². The molecule has 0 aliphatic heterocycles. The van der Waals surface area contributed by atoms with Gasteiger partial charge in [0.1, 0.15) is 10.8 Å². The fourth-order valence-electron chi connectivity index (χ4n) is 1.83. The predicted molar refractivity (Wildman–Crippen MR) is 77.4 cm³/mol. The van der Waals surface area contributed by atoms with Gasteiger partial charge in [0.15, 0.2) is 0 Å². The van der Waals surface area contributed by atoms with Gasteiger partial charge in [-0.05, 0) is 5.56 Å². The second-order valence-electron chi connectivity index (χ2n) is 3.97. The normalized spacial score (nSPS) is 10.4. The van der Waals surface area contributed by atoms with Gasteiger partial charge in [0.25, 0.3) is 0 Å². The Bertz CT molecular complexity index is 645. The van der Waals surface area contributed by atoms with E-state index in [1.54, 1.807) is 11.3 Å². The molecule has 1 aromatic heterocycles. The lowest BCUT2D eigenvalue weighted by Gasteiger charge is -1.96. The lowest BCUT2D eigenvalue weighted by molar-refractivity contribution is 1.41. The van der Waals surface area contributed by atoms with Gasteiger partial charge in [-0.15, -0.1) is 11.3 Å². The summed E-state index contributed by atoms with van der Waals surface area (Å²) in [6, 6.07) is 20.2. The van der Waals surface area contributed by atoms with Gasteiger partial charge in [-0.3, -0.25) is 0 Å². The molecule has 1 heterocycles. The quantitative estimate of drug-likeness (QED) is 0.747. The Morgan fingerprint density at radius 3 is 1.94 bits per heavy atom. The first-order valence-corrected chi connectivity index (χ1v) is 6.53. The molecule has 88 valence electrons. The van der Waals surface area contributed by atoms with E-state index < -0.39 is 0 Å². The number of nitrogen functional groups attached to an aromatic ring is 1. The van der Waals surface area contributed by atoms with Crippen LogP contribution in [0.5, 0.6) is 0 Å². The number of benzene rings is 2. The molecule has 3 heteroatoms.